The van der Waals surface area contributed by atoms with Crippen LogP contribution in [0.2, 0.25) is 5.02 Å². The normalized spacial score (nSPS) is 15.0. The van der Waals surface area contributed by atoms with Crippen molar-refractivity contribution in [3.8, 4) is 22.8 Å². The van der Waals surface area contributed by atoms with Crippen molar-refractivity contribution >= 4 is 23.3 Å². The number of halogens is 2. The maximum atomic E-state index is 13.8. The van der Waals surface area contributed by atoms with Crippen molar-refractivity contribution in [3.05, 3.63) is 57.3 Å². The molecule has 3 aromatic heterocycles. The van der Waals surface area contributed by atoms with Gasteiger partial charge in [-0.1, -0.05) is 16.8 Å². The molecule has 0 saturated carbocycles. The summed E-state index contributed by atoms with van der Waals surface area (Å²) in [5, 5.41) is 8.59. The highest BCUT2D eigenvalue weighted by Gasteiger charge is 2.29. The number of aromatic amines is 1. The van der Waals surface area contributed by atoms with Crippen LogP contribution in [-0.2, 0) is 4.74 Å². The summed E-state index contributed by atoms with van der Waals surface area (Å²) in [5.41, 5.74) is 1.05. The van der Waals surface area contributed by atoms with Gasteiger partial charge in [0.25, 0.3) is 11.4 Å². The molecule has 0 spiro atoms. The molecule has 0 atom stereocenters. The number of nitrogens with one attached hydrogen (secondary N) is 1. The second-order valence-electron chi connectivity index (χ2n) is 9.70. The summed E-state index contributed by atoms with van der Waals surface area (Å²) in [6.07, 6.45) is 2.49. The van der Waals surface area contributed by atoms with Gasteiger partial charge in [-0.2, -0.15) is 10.1 Å². The zero-order valence-electron chi connectivity index (χ0n) is 19.9. The van der Waals surface area contributed by atoms with Crippen LogP contribution in [0.15, 0.2) is 39.8 Å². The fraction of sp³-hybridized carbons (Fsp3) is 0.375. The predicted molar refractivity (Wildman–Crippen MR) is 129 cm³/mol. The number of ether oxygens (including phenoxy) is 1. The van der Waals surface area contributed by atoms with E-state index in [0.29, 0.717) is 42.7 Å². The number of H-pyrrole nitrogens is 1. The Morgan fingerprint density at radius 3 is 2.67 bits per heavy atom. The van der Waals surface area contributed by atoms with Gasteiger partial charge in [0.2, 0.25) is 5.82 Å². The van der Waals surface area contributed by atoms with E-state index in [0.717, 1.165) is 5.69 Å². The molecular weight excluding hydrogens is 491 g/mol. The lowest BCUT2D eigenvalue weighted by Crippen LogP contribution is -2.41. The Hall–Kier alpha value is -3.73. The molecule has 10 nitrogen and oxygen atoms in total. The van der Waals surface area contributed by atoms with E-state index in [1.807, 2.05) is 20.8 Å². The second kappa shape index (κ2) is 9.05. The highest BCUT2D eigenvalue weighted by atomic mass is 35.5. The molecule has 1 fully saturated rings. The summed E-state index contributed by atoms with van der Waals surface area (Å²) in [5.74, 6) is -0.243. The van der Waals surface area contributed by atoms with Gasteiger partial charge in [0.05, 0.1) is 11.9 Å². The summed E-state index contributed by atoms with van der Waals surface area (Å²) >= 11 is 5.94. The van der Waals surface area contributed by atoms with Crippen molar-refractivity contribution in [1.82, 2.24) is 29.6 Å². The molecule has 0 aliphatic carbocycles. The molecule has 0 radical (unpaired) electrons. The van der Waals surface area contributed by atoms with Crippen molar-refractivity contribution in [3.63, 3.8) is 0 Å². The molecule has 1 saturated heterocycles. The Bertz CT molecular complexity index is 1480. The third-order valence-electron chi connectivity index (χ3n) is 5.88. The highest BCUT2D eigenvalue weighted by molar-refractivity contribution is 6.30. The van der Waals surface area contributed by atoms with E-state index >= 15 is 0 Å². The lowest BCUT2D eigenvalue weighted by molar-refractivity contribution is 0.0203. The number of benzene rings is 1. The number of carbonyl (C=O) groups is 1. The Morgan fingerprint density at radius 2 is 1.97 bits per heavy atom. The first-order chi connectivity index (χ1) is 17.1. The van der Waals surface area contributed by atoms with E-state index in [-0.39, 0.29) is 34.3 Å². The number of fused-ring (bicyclic) bond motifs is 1. The Labute approximate surface area is 210 Å². The van der Waals surface area contributed by atoms with Gasteiger partial charge in [-0.3, -0.25) is 4.79 Å². The molecule has 1 aliphatic heterocycles. The highest BCUT2D eigenvalue weighted by Crippen LogP contribution is 2.31. The molecule has 1 amide bonds. The summed E-state index contributed by atoms with van der Waals surface area (Å²) in [6, 6.07) is 5.48. The Balaban J connectivity index is 1.41. The first-order valence-corrected chi connectivity index (χ1v) is 11.8. The zero-order valence-corrected chi connectivity index (χ0v) is 20.7. The van der Waals surface area contributed by atoms with Gasteiger partial charge in [0, 0.05) is 35.7 Å². The molecule has 0 bridgehead atoms. The van der Waals surface area contributed by atoms with E-state index in [9.17, 15) is 14.0 Å². The van der Waals surface area contributed by atoms with E-state index in [2.05, 4.69) is 20.2 Å². The van der Waals surface area contributed by atoms with Gasteiger partial charge in [-0.05, 0) is 51.8 Å². The van der Waals surface area contributed by atoms with Crippen LogP contribution >= 0.6 is 11.6 Å². The number of nitrogens with zero attached hydrogens (tertiary/aromatic N) is 5. The number of amides is 1. The van der Waals surface area contributed by atoms with Gasteiger partial charge in [0.15, 0.2) is 0 Å². The zero-order chi connectivity index (χ0) is 25.6. The Kier molecular flexibility index (Phi) is 6.03. The first-order valence-electron chi connectivity index (χ1n) is 11.5. The minimum atomic E-state index is -0.562. The van der Waals surface area contributed by atoms with Crippen molar-refractivity contribution in [1.29, 1.82) is 0 Å². The first kappa shape index (κ1) is 24.0. The van der Waals surface area contributed by atoms with Crippen LogP contribution in [0, 0.1) is 5.82 Å². The van der Waals surface area contributed by atoms with E-state index < -0.39 is 11.4 Å². The number of aromatic nitrogens is 5. The van der Waals surface area contributed by atoms with Crippen LogP contribution in [0.3, 0.4) is 0 Å². The lowest BCUT2D eigenvalue weighted by atomic mass is 9.93. The van der Waals surface area contributed by atoms with Gasteiger partial charge in [-0.15, -0.1) is 0 Å². The minimum Gasteiger partial charge on any atom is -0.444 e. The summed E-state index contributed by atoms with van der Waals surface area (Å²) < 4.78 is 26.3. The standard InChI is InChI=1S/C24H24ClFN6O4/c1-24(2,3)35-23(34)31-6-4-13(5-7-31)18-11-19(33)28-21-17(12-27-32(18)21)22-29-20(30-36-22)14-8-15(25)10-16(26)9-14/h8-13H,4-7H2,1-3H3,(H,28,33). The molecule has 188 valence electrons. The van der Waals surface area contributed by atoms with Gasteiger partial charge < -0.3 is 19.1 Å². The van der Waals surface area contributed by atoms with Crippen molar-refractivity contribution < 1.29 is 18.4 Å². The van der Waals surface area contributed by atoms with Gasteiger partial charge in [-0.25, -0.2) is 13.7 Å². The van der Waals surface area contributed by atoms with Crippen LogP contribution in [0.4, 0.5) is 9.18 Å². The molecule has 4 aromatic rings. The molecule has 1 aliphatic rings. The fourth-order valence-electron chi connectivity index (χ4n) is 4.28. The quantitative estimate of drug-likeness (QED) is 0.422. The maximum absolute atomic E-state index is 13.8. The fourth-order valence-corrected chi connectivity index (χ4v) is 4.50. The molecule has 1 aromatic carbocycles. The monoisotopic (exact) mass is 514 g/mol. The third kappa shape index (κ3) is 4.83. The van der Waals surface area contributed by atoms with Crippen LogP contribution in [0.1, 0.15) is 45.2 Å². The Morgan fingerprint density at radius 1 is 1.22 bits per heavy atom. The average Bonchev–Trinajstić information content (AvgIpc) is 3.44. The molecule has 5 rings (SSSR count). The summed E-state index contributed by atoms with van der Waals surface area (Å²) in [4.78, 5) is 33.8. The maximum Gasteiger partial charge on any atom is 0.410 e. The van der Waals surface area contributed by atoms with E-state index in [1.165, 1.54) is 30.5 Å². The number of rotatable bonds is 3. The van der Waals surface area contributed by atoms with E-state index in [1.54, 1.807) is 9.42 Å². The predicted octanol–water partition coefficient (Wildman–Crippen LogP) is 4.65. The molecule has 1 N–H and O–H groups in total. The molecule has 12 heteroatoms. The van der Waals surface area contributed by atoms with Crippen molar-refractivity contribution in [2.24, 2.45) is 0 Å². The number of hydrogen-bond donors (Lipinski definition) is 1. The molecule has 0 unspecified atom stereocenters. The number of hydrogen-bond acceptors (Lipinski definition) is 7. The van der Waals surface area contributed by atoms with Crippen LogP contribution < -0.4 is 5.56 Å². The second-order valence-corrected chi connectivity index (χ2v) is 10.1. The minimum absolute atomic E-state index is 0.00826. The topological polar surface area (TPSA) is 119 Å². The summed E-state index contributed by atoms with van der Waals surface area (Å²) in [7, 11) is 0. The third-order valence-corrected chi connectivity index (χ3v) is 6.09. The van der Waals surface area contributed by atoms with Gasteiger partial charge >= 0.3 is 6.09 Å². The molecular formula is C24H24ClFN6O4. The summed E-state index contributed by atoms with van der Waals surface area (Å²) in [6.45, 7) is 6.51. The molecule has 4 heterocycles. The molecule has 36 heavy (non-hydrogen) atoms. The van der Waals surface area contributed by atoms with Crippen molar-refractivity contribution in [2.75, 3.05) is 13.1 Å². The van der Waals surface area contributed by atoms with Crippen LogP contribution in [0.5, 0.6) is 0 Å². The van der Waals surface area contributed by atoms with Gasteiger partial charge in [0.1, 0.15) is 22.6 Å². The number of likely N-dealkylation sites (tertiary alicyclic amines) is 1. The van der Waals surface area contributed by atoms with Crippen LogP contribution in [-0.4, -0.2) is 54.4 Å². The smallest absolute Gasteiger partial charge is 0.410 e. The van der Waals surface area contributed by atoms with Crippen LogP contribution in [0.25, 0.3) is 28.5 Å². The largest absolute Gasteiger partial charge is 0.444 e. The SMILES string of the molecule is CC(C)(C)OC(=O)N1CCC(c2cc(=O)[nH]c3c(-c4nc(-c5cc(F)cc(Cl)c5)no4)cnn23)CC1. The lowest BCUT2D eigenvalue weighted by Gasteiger charge is -2.33. The number of piperidine rings is 1. The average molecular weight is 515 g/mol. The van der Waals surface area contributed by atoms with Crippen molar-refractivity contribution in [2.45, 2.75) is 45.1 Å². The van der Waals surface area contributed by atoms with E-state index in [4.69, 9.17) is 20.9 Å². The number of carbonyl (C=O) groups excluding carboxylic acids is 1.